The molecule has 5 heteroatoms. The van der Waals surface area contributed by atoms with E-state index in [0.717, 1.165) is 10.0 Å². The Labute approximate surface area is 115 Å². The second-order valence-corrected chi connectivity index (χ2v) is 4.82. The number of halogens is 2. The van der Waals surface area contributed by atoms with Crippen LogP contribution in [0, 0.1) is 0 Å². The molecule has 0 aliphatic heterocycles. The van der Waals surface area contributed by atoms with Crippen molar-refractivity contribution in [3.63, 3.8) is 0 Å². The highest BCUT2D eigenvalue weighted by Crippen LogP contribution is 2.36. The summed E-state index contributed by atoms with van der Waals surface area (Å²) in [5.41, 5.74) is 1.08. The molecule has 0 atom stereocenters. The smallest absolute Gasteiger partial charge is 0.174 e. The summed E-state index contributed by atoms with van der Waals surface area (Å²) < 4.78 is 11.4. The average Bonchev–Trinajstić information content (AvgIpc) is 2.27. The first kappa shape index (κ1) is 14.4. The Morgan fingerprint density at radius 3 is 2.65 bits per heavy atom. The van der Waals surface area contributed by atoms with E-state index in [2.05, 4.69) is 27.8 Å². The van der Waals surface area contributed by atoms with Crippen LogP contribution in [0.15, 0.2) is 28.2 Å². The highest BCUT2D eigenvalue weighted by Gasteiger charge is 2.10. The Morgan fingerprint density at radius 2 is 2.12 bits per heavy atom. The molecule has 0 heterocycles. The molecule has 1 aromatic rings. The van der Waals surface area contributed by atoms with Gasteiger partial charge in [0.2, 0.25) is 0 Å². The van der Waals surface area contributed by atoms with Crippen LogP contribution in [-0.4, -0.2) is 20.8 Å². The molecule has 0 amide bonds. The monoisotopic (exact) mass is 319 g/mol. The number of ether oxygens (including phenoxy) is 2. The van der Waals surface area contributed by atoms with Crippen molar-refractivity contribution >= 4 is 27.5 Å². The molecule has 17 heavy (non-hydrogen) atoms. The SMILES string of the molecule is C=C(Cl)CNCc1cc(Br)c(OC)c(OC)c1. The molecule has 0 saturated carbocycles. The van der Waals surface area contributed by atoms with Crippen LogP contribution < -0.4 is 14.8 Å². The first-order chi connectivity index (χ1) is 8.08. The lowest BCUT2D eigenvalue weighted by molar-refractivity contribution is 0.352. The summed E-state index contributed by atoms with van der Waals surface area (Å²) in [6.45, 7) is 4.88. The van der Waals surface area contributed by atoms with Gasteiger partial charge in [-0.05, 0) is 33.6 Å². The van der Waals surface area contributed by atoms with Crippen molar-refractivity contribution < 1.29 is 9.47 Å². The average molecular weight is 321 g/mol. The maximum absolute atomic E-state index is 5.67. The maximum Gasteiger partial charge on any atom is 0.174 e. The topological polar surface area (TPSA) is 30.5 Å². The summed E-state index contributed by atoms with van der Waals surface area (Å²) >= 11 is 9.11. The van der Waals surface area contributed by atoms with Gasteiger partial charge in [-0.15, -0.1) is 0 Å². The summed E-state index contributed by atoms with van der Waals surface area (Å²) in [7, 11) is 3.22. The Morgan fingerprint density at radius 1 is 1.41 bits per heavy atom. The first-order valence-electron chi connectivity index (χ1n) is 5.03. The van der Waals surface area contributed by atoms with Crippen LogP contribution in [0.2, 0.25) is 0 Å². The van der Waals surface area contributed by atoms with E-state index in [1.165, 1.54) is 0 Å². The highest BCUT2D eigenvalue weighted by atomic mass is 79.9. The lowest BCUT2D eigenvalue weighted by atomic mass is 10.2. The fourth-order valence-electron chi connectivity index (χ4n) is 1.42. The zero-order valence-corrected chi connectivity index (χ0v) is 12.2. The van der Waals surface area contributed by atoms with Gasteiger partial charge < -0.3 is 14.8 Å². The quantitative estimate of drug-likeness (QED) is 0.872. The van der Waals surface area contributed by atoms with E-state index in [1.807, 2.05) is 12.1 Å². The second-order valence-electron chi connectivity index (χ2n) is 3.43. The lowest BCUT2D eigenvalue weighted by Crippen LogP contribution is -2.14. The molecule has 94 valence electrons. The number of methoxy groups -OCH3 is 2. The molecule has 0 unspecified atom stereocenters. The third-order valence-electron chi connectivity index (χ3n) is 2.14. The summed E-state index contributed by atoms with van der Waals surface area (Å²) in [6, 6.07) is 3.90. The number of rotatable bonds is 6. The maximum atomic E-state index is 5.67. The first-order valence-corrected chi connectivity index (χ1v) is 6.20. The molecule has 0 aromatic heterocycles. The van der Waals surface area contributed by atoms with Gasteiger partial charge in [0.25, 0.3) is 0 Å². The normalized spacial score (nSPS) is 10.1. The molecular formula is C12H15BrClNO2. The van der Waals surface area contributed by atoms with Crippen LogP contribution in [0.4, 0.5) is 0 Å². The van der Waals surface area contributed by atoms with Crippen LogP contribution in [0.5, 0.6) is 11.5 Å². The van der Waals surface area contributed by atoms with Crippen molar-refractivity contribution in [2.75, 3.05) is 20.8 Å². The van der Waals surface area contributed by atoms with E-state index < -0.39 is 0 Å². The van der Waals surface area contributed by atoms with Gasteiger partial charge in [0.15, 0.2) is 11.5 Å². The summed E-state index contributed by atoms with van der Waals surface area (Å²) in [5, 5.41) is 3.76. The minimum Gasteiger partial charge on any atom is -0.493 e. The fraction of sp³-hybridized carbons (Fsp3) is 0.333. The summed E-state index contributed by atoms with van der Waals surface area (Å²) in [4.78, 5) is 0. The van der Waals surface area contributed by atoms with Gasteiger partial charge in [-0.1, -0.05) is 18.2 Å². The van der Waals surface area contributed by atoms with Crippen LogP contribution >= 0.6 is 27.5 Å². The zero-order valence-electron chi connectivity index (χ0n) is 9.85. The predicted molar refractivity (Wildman–Crippen MR) is 73.9 cm³/mol. The Kier molecular flexibility index (Phi) is 5.82. The van der Waals surface area contributed by atoms with Crippen molar-refractivity contribution in [1.29, 1.82) is 0 Å². The molecule has 1 aromatic carbocycles. The van der Waals surface area contributed by atoms with Crippen molar-refractivity contribution in [2.24, 2.45) is 0 Å². The Balaban J connectivity index is 2.80. The van der Waals surface area contributed by atoms with E-state index in [1.54, 1.807) is 14.2 Å². The molecule has 3 nitrogen and oxygen atoms in total. The van der Waals surface area contributed by atoms with Crippen LogP contribution in [0.1, 0.15) is 5.56 Å². The van der Waals surface area contributed by atoms with Crippen molar-refractivity contribution in [2.45, 2.75) is 6.54 Å². The van der Waals surface area contributed by atoms with Gasteiger partial charge in [-0.25, -0.2) is 0 Å². The third-order valence-corrected chi connectivity index (χ3v) is 2.86. The summed E-state index contributed by atoms with van der Waals surface area (Å²) in [6.07, 6.45) is 0. The molecule has 0 bridgehead atoms. The molecule has 0 spiro atoms. The van der Waals surface area contributed by atoms with Crippen molar-refractivity contribution in [3.8, 4) is 11.5 Å². The van der Waals surface area contributed by atoms with E-state index in [4.69, 9.17) is 21.1 Å². The highest BCUT2D eigenvalue weighted by molar-refractivity contribution is 9.10. The molecule has 0 fully saturated rings. The largest absolute Gasteiger partial charge is 0.493 e. The molecule has 1 N–H and O–H groups in total. The van der Waals surface area contributed by atoms with Gasteiger partial charge in [0.05, 0.1) is 18.7 Å². The summed E-state index contributed by atoms with van der Waals surface area (Å²) in [5.74, 6) is 1.39. The van der Waals surface area contributed by atoms with Crippen molar-refractivity contribution in [1.82, 2.24) is 5.32 Å². The van der Waals surface area contributed by atoms with E-state index in [0.29, 0.717) is 29.6 Å². The fourth-order valence-corrected chi connectivity index (χ4v) is 2.16. The molecule has 0 aliphatic rings. The zero-order chi connectivity index (χ0) is 12.8. The van der Waals surface area contributed by atoms with Crippen LogP contribution in [0.25, 0.3) is 0 Å². The van der Waals surface area contributed by atoms with Crippen LogP contribution in [0.3, 0.4) is 0 Å². The van der Waals surface area contributed by atoms with E-state index in [9.17, 15) is 0 Å². The Bertz CT molecular complexity index is 410. The van der Waals surface area contributed by atoms with E-state index >= 15 is 0 Å². The van der Waals surface area contributed by atoms with Gasteiger partial charge in [-0.3, -0.25) is 0 Å². The number of nitrogens with one attached hydrogen (secondary N) is 1. The van der Waals surface area contributed by atoms with Gasteiger partial charge in [0, 0.05) is 18.1 Å². The van der Waals surface area contributed by atoms with E-state index in [-0.39, 0.29) is 0 Å². The minimum absolute atomic E-state index is 0.577. The van der Waals surface area contributed by atoms with Gasteiger partial charge >= 0.3 is 0 Å². The standard InChI is InChI=1S/C12H15BrClNO2/c1-8(14)6-15-7-9-4-10(13)12(17-3)11(5-9)16-2/h4-5,15H,1,6-7H2,2-3H3. The van der Waals surface area contributed by atoms with Gasteiger partial charge in [-0.2, -0.15) is 0 Å². The number of hydrogen-bond donors (Lipinski definition) is 1. The van der Waals surface area contributed by atoms with Crippen molar-refractivity contribution in [3.05, 3.63) is 33.8 Å². The number of benzene rings is 1. The second kappa shape index (κ2) is 6.89. The third kappa shape index (κ3) is 4.22. The molecule has 1 rings (SSSR count). The van der Waals surface area contributed by atoms with Gasteiger partial charge in [0.1, 0.15) is 0 Å². The minimum atomic E-state index is 0.577. The molecule has 0 radical (unpaired) electrons. The molecule has 0 aliphatic carbocycles. The molecule has 0 saturated heterocycles. The predicted octanol–water partition coefficient (Wildman–Crippen LogP) is 3.31. The van der Waals surface area contributed by atoms with Crippen LogP contribution in [-0.2, 0) is 6.54 Å². The lowest BCUT2D eigenvalue weighted by Gasteiger charge is -2.12. The molecular weight excluding hydrogens is 305 g/mol. The number of hydrogen-bond acceptors (Lipinski definition) is 3. The Hall–Kier alpha value is -0.710.